The first-order valence-electron chi connectivity index (χ1n) is 8.50. The summed E-state index contributed by atoms with van der Waals surface area (Å²) >= 11 is 0. The minimum Gasteiger partial charge on any atom is -0.354 e. The first-order valence-corrected chi connectivity index (χ1v) is 8.50. The van der Waals surface area contributed by atoms with E-state index in [9.17, 15) is 4.79 Å². The maximum atomic E-state index is 12.3. The number of nitrogens with zero attached hydrogens (tertiary/aromatic N) is 1. The third kappa shape index (κ3) is 6.35. The van der Waals surface area contributed by atoms with Crippen molar-refractivity contribution >= 4 is 5.91 Å². The monoisotopic (exact) mass is 297 g/mol. The lowest BCUT2D eigenvalue weighted by molar-refractivity contribution is -0.123. The standard InChI is InChI=1S/C17H35N3O/c1-14(2)11-15(20(4)5)13-19-16(21)12-17(18-3)9-7-6-8-10-17/h14-15,18H,6-13H2,1-5H3,(H,19,21). The Balaban J connectivity index is 2.44. The van der Waals surface area contributed by atoms with E-state index in [1.54, 1.807) is 0 Å². The molecule has 21 heavy (non-hydrogen) atoms. The fourth-order valence-corrected chi connectivity index (χ4v) is 3.37. The summed E-state index contributed by atoms with van der Waals surface area (Å²) in [6.07, 6.45) is 7.77. The molecular formula is C17H35N3O. The van der Waals surface area contributed by atoms with Crippen molar-refractivity contribution in [2.24, 2.45) is 5.92 Å². The van der Waals surface area contributed by atoms with Crippen LogP contribution in [0.3, 0.4) is 0 Å². The fourth-order valence-electron chi connectivity index (χ4n) is 3.37. The van der Waals surface area contributed by atoms with Crippen LogP contribution in [0.2, 0.25) is 0 Å². The van der Waals surface area contributed by atoms with Crippen LogP contribution in [0.4, 0.5) is 0 Å². The molecule has 1 atom stereocenters. The van der Waals surface area contributed by atoms with E-state index < -0.39 is 0 Å². The van der Waals surface area contributed by atoms with Crippen molar-refractivity contribution in [3.8, 4) is 0 Å². The zero-order chi connectivity index (χ0) is 15.9. The van der Waals surface area contributed by atoms with Crippen molar-refractivity contribution < 1.29 is 4.79 Å². The van der Waals surface area contributed by atoms with E-state index in [0.29, 0.717) is 18.4 Å². The highest BCUT2D eigenvalue weighted by atomic mass is 16.1. The average Bonchev–Trinajstić information content (AvgIpc) is 2.43. The van der Waals surface area contributed by atoms with E-state index in [-0.39, 0.29) is 11.4 Å². The molecule has 1 amide bonds. The highest BCUT2D eigenvalue weighted by molar-refractivity contribution is 5.77. The molecule has 4 nitrogen and oxygen atoms in total. The van der Waals surface area contributed by atoms with E-state index in [4.69, 9.17) is 0 Å². The summed E-state index contributed by atoms with van der Waals surface area (Å²) in [4.78, 5) is 14.5. The Bertz CT molecular complexity index is 309. The molecule has 0 aromatic rings. The van der Waals surface area contributed by atoms with Gasteiger partial charge in [-0.3, -0.25) is 4.79 Å². The van der Waals surface area contributed by atoms with Crippen LogP contribution in [-0.4, -0.2) is 50.1 Å². The molecule has 0 aromatic carbocycles. The number of carbonyl (C=O) groups excluding carboxylic acids is 1. The van der Waals surface area contributed by atoms with Gasteiger partial charge < -0.3 is 15.5 Å². The first-order chi connectivity index (χ1) is 9.88. The van der Waals surface area contributed by atoms with Crippen molar-refractivity contribution in [3.05, 3.63) is 0 Å². The Morgan fingerprint density at radius 2 is 1.81 bits per heavy atom. The van der Waals surface area contributed by atoms with Crippen molar-refractivity contribution in [2.75, 3.05) is 27.7 Å². The van der Waals surface area contributed by atoms with E-state index in [1.807, 2.05) is 7.05 Å². The molecule has 0 spiro atoms. The van der Waals surface area contributed by atoms with E-state index in [1.165, 1.54) is 19.3 Å². The maximum Gasteiger partial charge on any atom is 0.221 e. The van der Waals surface area contributed by atoms with Crippen molar-refractivity contribution in [2.45, 2.75) is 70.4 Å². The minimum atomic E-state index is 0.0357. The van der Waals surface area contributed by atoms with Gasteiger partial charge in [0.15, 0.2) is 0 Å². The molecule has 1 rings (SSSR count). The highest BCUT2D eigenvalue weighted by Crippen LogP contribution is 2.30. The van der Waals surface area contributed by atoms with Gasteiger partial charge in [0.05, 0.1) is 0 Å². The third-order valence-electron chi connectivity index (χ3n) is 4.85. The minimum absolute atomic E-state index is 0.0357. The molecule has 1 fully saturated rings. The zero-order valence-electron chi connectivity index (χ0n) is 14.7. The van der Waals surface area contributed by atoms with Gasteiger partial charge in [0.1, 0.15) is 0 Å². The number of carbonyl (C=O) groups is 1. The summed E-state index contributed by atoms with van der Waals surface area (Å²) in [5.74, 6) is 0.846. The van der Waals surface area contributed by atoms with Gasteiger partial charge in [-0.15, -0.1) is 0 Å². The summed E-state index contributed by atoms with van der Waals surface area (Å²) in [7, 11) is 6.19. The molecule has 0 heterocycles. The molecule has 1 aliphatic rings. The summed E-state index contributed by atoms with van der Waals surface area (Å²) < 4.78 is 0. The van der Waals surface area contributed by atoms with Gasteiger partial charge in [-0.1, -0.05) is 33.1 Å². The second kappa shape index (κ2) is 8.74. The maximum absolute atomic E-state index is 12.3. The molecule has 1 saturated carbocycles. The van der Waals surface area contributed by atoms with Gasteiger partial charge in [-0.25, -0.2) is 0 Å². The molecule has 124 valence electrons. The van der Waals surface area contributed by atoms with Crippen LogP contribution in [-0.2, 0) is 4.79 Å². The summed E-state index contributed by atoms with van der Waals surface area (Å²) in [6.45, 7) is 5.22. The van der Waals surface area contributed by atoms with Crippen LogP contribution in [0.1, 0.15) is 58.8 Å². The molecular weight excluding hydrogens is 262 g/mol. The SMILES string of the molecule is CNC1(CC(=O)NCC(CC(C)C)N(C)C)CCCCC1. The first kappa shape index (κ1) is 18.4. The summed E-state index contributed by atoms with van der Waals surface area (Å²) in [5.41, 5.74) is 0.0357. The quantitative estimate of drug-likeness (QED) is 0.723. The van der Waals surface area contributed by atoms with Crippen LogP contribution < -0.4 is 10.6 Å². The van der Waals surface area contributed by atoms with E-state index >= 15 is 0 Å². The Hall–Kier alpha value is -0.610. The molecule has 1 aliphatic carbocycles. The molecule has 0 aliphatic heterocycles. The summed E-state index contributed by atoms with van der Waals surface area (Å²) in [5, 5.41) is 6.57. The molecule has 4 heteroatoms. The fraction of sp³-hybridized carbons (Fsp3) is 0.941. The second-order valence-corrected chi connectivity index (χ2v) is 7.32. The lowest BCUT2D eigenvalue weighted by Crippen LogP contribution is -2.49. The molecule has 1 unspecified atom stereocenters. The largest absolute Gasteiger partial charge is 0.354 e. The second-order valence-electron chi connectivity index (χ2n) is 7.32. The number of likely N-dealkylation sites (N-methyl/N-ethyl adjacent to an activating group) is 1. The van der Waals surface area contributed by atoms with Crippen LogP contribution in [0.25, 0.3) is 0 Å². The molecule has 0 bridgehead atoms. The Labute approximate surface area is 131 Å². The van der Waals surface area contributed by atoms with Gasteiger partial charge in [-0.2, -0.15) is 0 Å². The van der Waals surface area contributed by atoms with Gasteiger partial charge in [0, 0.05) is 24.5 Å². The van der Waals surface area contributed by atoms with Gasteiger partial charge in [0.2, 0.25) is 5.91 Å². The van der Waals surface area contributed by atoms with Gasteiger partial charge >= 0.3 is 0 Å². The Kier molecular flexibility index (Phi) is 7.67. The van der Waals surface area contributed by atoms with Crippen molar-refractivity contribution in [3.63, 3.8) is 0 Å². The van der Waals surface area contributed by atoms with Crippen molar-refractivity contribution in [1.82, 2.24) is 15.5 Å². The lowest BCUT2D eigenvalue weighted by Gasteiger charge is -2.37. The Morgan fingerprint density at radius 3 is 2.29 bits per heavy atom. The predicted octanol–water partition coefficient (Wildman–Crippen LogP) is 2.39. The van der Waals surface area contributed by atoms with Crippen LogP contribution in [0.15, 0.2) is 0 Å². The molecule has 0 saturated heterocycles. The highest BCUT2D eigenvalue weighted by Gasteiger charge is 2.32. The average molecular weight is 297 g/mol. The zero-order valence-corrected chi connectivity index (χ0v) is 14.7. The number of amides is 1. The smallest absolute Gasteiger partial charge is 0.221 e. The van der Waals surface area contributed by atoms with E-state index in [2.05, 4.69) is 43.5 Å². The van der Waals surface area contributed by atoms with Crippen LogP contribution >= 0.6 is 0 Å². The predicted molar refractivity (Wildman–Crippen MR) is 89.4 cm³/mol. The summed E-state index contributed by atoms with van der Waals surface area (Å²) in [6, 6.07) is 0.422. The van der Waals surface area contributed by atoms with Gasteiger partial charge in [-0.05, 0) is 46.3 Å². The number of nitrogens with one attached hydrogen (secondary N) is 2. The molecule has 0 aromatic heterocycles. The number of rotatable bonds is 8. The van der Waals surface area contributed by atoms with Crippen LogP contribution in [0.5, 0.6) is 0 Å². The van der Waals surface area contributed by atoms with Crippen LogP contribution in [0, 0.1) is 5.92 Å². The Morgan fingerprint density at radius 1 is 1.19 bits per heavy atom. The van der Waals surface area contributed by atoms with E-state index in [0.717, 1.165) is 25.8 Å². The third-order valence-corrected chi connectivity index (χ3v) is 4.85. The topological polar surface area (TPSA) is 44.4 Å². The number of hydrogen-bond donors (Lipinski definition) is 2. The molecule has 0 radical (unpaired) electrons. The van der Waals surface area contributed by atoms with Gasteiger partial charge in [0.25, 0.3) is 0 Å². The molecule has 2 N–H and O–H groups in total. The lowest BCUT2D eigenvalue weighted by atomic mass is 9.79. The normalized spacial score (nSPS) is 19.8. The van der Waals surface area contributed by atoms with Crippen molar-refractivity contribution in [1.29, 1.82) is 0 Å². The number of hydrogen-bond acceptors (Lipinski definition) is 3.